The molecule has 3 amide bonds. The molecule has 0 radical (unpaired) electrons. The van der Waals surface area contributed by atoms with Gasteiger partial charge in [0, 0.05) is 25.8 Å². The van der Waals surface area contributed by atoms with Crippen LogP contribution in [0, 0.1) is 0 Å². The fourth-order valence-electron chi connectivity index (χ4n) is 3.73. The first-order chi connectivity index (χ1) is 13.7. The van der Waals surface area contributed by atoms with Crippen molar-refractivity contribution in [2.24, 2.45) is 0 Å². The van der Waals surface area contributed by atoms with Gasteiger partial charge in [-0.05, 0) is 24.3 Å². The van der Waals surface area contributed by atoms with Gasteiger partial charge < -0.3 is 24.6 Å². The lowest BCUT2D eigenvalue weighted by molar-refractivity contribution is -0.122. The van der Waals surface area contributed by atoms with E-state index in [9.17, 15) is 9.59 Å². The third-order valence-electron chi connectivity index (χ3n) is 5.07. The van der Waals surface area contributed by atoms with Crippen LogP contribution in [-0.4, -0.2) is 55.8 Å². The van der Waals surface area contributed by atoms with Crippen molar-refractivity contribution in [3.8, 4) is 5.75 Å². The number of benzene rings is 2. The maximum atomic E-state index is 13.4. The topological polar surface area (TPSA) is 71.1 Å². The zero-order chi connectivity index (χ0) is 19.5. The summed E-state index contributed by atoms with van der Waals surface area (Å²) in [6, 6.07) is 15.8. The average molecular weight is 381 g/mol. The van der Waals surface area contributed by atoms with E-state index in [1.807, 2.05) is 54.6 Å². The summed E-state index contributed by atoms with van der Waals surface area (Å²) in [6.07, 6.45) is 0.250. The minimum Gasteiger partial charge on any atom is -0.486 e. The number of nitrogens with zero attached hydrogens (tertiary/aromatic N) is 2. The number of urea groups is 1. The fraction of sp³-hybridized carbons (Fsp3) is 0.333. The molecule has 2 bridgehead atoms. The van der Waals surface area contributed by atoms with Gasteiger partial charge in [0.2, 0.25) is 5.91 Å². The van der Waals surface area contributed by atoms with E-state index >= 15 is 0 Å². The van der Waals surface area contributed by atoms with Gasteiger partial charge in [-0.2, -0.15) is 0 Å². The molecule has 2 unspecified atom stereocenters. The lowest BCUT2D eigenvalue weighted by Crippen LogP contribution is -2.50. The molecular formula is C21H23N3O4. The van der Waals surface area contributed by atoms with Crippen molar-refractivity contribution >= 4 is 23.3 Å². The number of hydrogen-bond donors (Lipinski definition) is 1. The highest BCUT2D eigenvalue weighted by molar-refractivity contribution is 6.02. The van der Waals surface area contributed by atoms with E-state index in [-0.39, 0.29) is 18.0 Å². The number of para-hydroxylation sites is 3. The maximum absolute atomic E-state index is 13.4. The molecule has 7 heteroatoms. The largest absolute Gasteiger partial charge is 0.486 e. The molecule has 2 aromatic rings. The van der Waals surface area contributed by atoms with Crippen molar-refractivity contribution < 1.29 is 19.1 Å². The molecule has 0 aliphatic carbocycles. The molecule has 7 nitrogen and oxygen atoms in total. The van der Waals surface area contributed by atoms with Gasteiger partial charge in [0.15, 0.2) is 0 Å². The summed E-state index contributed by atoms with van der Waals surface area (Å²) >= 11 is 0. The number of hydrogen-bond acceptors (Lipinski definition) is 4. The van der Waals surface area contributed by atoms with E-state index in [0.29, 0.717) is 43.2 Å². The van der Waals surface area contributed by atoms with E-state index in [0.717, 1.165) is 0 Å². The van der Waals surface area contributed by atoms with Gasteiger partial charge in [0.25, 0.3) is 0 Å². The van der Waals surface area contributed by atoms with Crippen LogP contribution >= 0.6 is 0 Å². The minimum absolute atomic E-state index is 0.112. The lowest BCUT2D eigenvalue weighted by atomic mass is 10.1. The molecule has 4 rings (SSSR count). The van der Waals surface area contributed by atoms with Gasteiger partial charge in [-0.15, -0.1) is 0 Å². The number of ether oxygens (including phenoxy) is 2. The van der Waals surface area contributed by atoms with Crippen molar-refractivity contribution in [1.82, 2.24) is 4.90 Å². The third-order valence-corrected chi connectivity index (χ3v) is 5.07. The highest BCUT2D eigenvalue weighted by Crippen LogP contribution is 2.36. The Labute approximate surface area is 163 Å². The number of amides is 3. The second-order valence-electron chi connectivity index (χ2n) is 6.89. The summed E-state index contributed by atoms with van der Waals surface area (Å²) in [6.45, 7) is 1.15. The zero-order valence-electron chi connectivity index (χ0n) is 15.7. The van der Waals surface area contributed by atoms with Crippen molar-refractivity contribution in [3.05, 3.63) is 54.6 Å². The first kappa shape index (κ1) is 18.3. The SMILES string of the molecule is COCCN1C(=O)C2CC(CN2C(=O)Nc2ccccc2)Oc2ccccc21. The molecule has 146 valence electrons. The predicted molar refractivity (Wildman–Crippen MR) is 106 cm³/mol. The number of anilines is 2. The predicted octanol–water partition coefficient (Wildman–Crippen LogP) is 2.73. The Kier molecular flexibility index (Phi) is 5.16. The van der Waals surface area contributed by atoms with E-state index in [1.54, 1.807) is 16.9 Å². The van der Waals surface area contributed by atoms with Crippen molar-refractivity contribution in [2.45, 2.75) is 18.6 Å². The molecule has 1 N–H and O–H groups in total. The van der Waals surface area contributed by atoms with Crippen LogP contribution in [-0.2, 0) is 9.53 Å². The molecule has 0 spiro atoms. The molecule has 2 atom stereocenters. The van der Waals surface area contributed by atoms with Crippen LogP contribution in [0.1, 0.15) is 6.42 Å². The molecule has 1 fully saturated rings. The minimum atomic E-state index is -0.570. The molecule has 2 aliphatic heterocycles. The van der Waals surface area contributed by atoms with Crippen molar-refractivity contribution in [2.75, 3.05) is 37.0 Å². The first-order valence-corrected chi connectivity index (χ1v) is 9.36. The second-order valence-corrected chi connectivity index (χ2v) is 6.89. The number of likely N-dealkylation sites (tertiary alicyclic amines) is 1. The van der Waals surface area contributed by atoms with Gasteiger partial charge in [-0.1, -0.05) is 30.3 Å². The van der Waals surface area contributed by atoms with E-state index < -0.39 is 6.04 Å². The lowest BCUT2D eigenvalue weighted by Gasteiger charge is -2.31. The Morgan fingerprint density at radius 3 is 2.71 bits per heavy atom. The quantitative estimate of drug-likeness (QED) is 0.884. The number of carbonyl (C=O) groups excluding carboxylic acids is 2. The average Bonchev–Trinajstić information content (AvgIpc) is 3.14. The molecule has 0 saturated carbocycles. The zero-order valence-corrected chi connectivity index (χ0v) is 15.7. The van der Waals surface area contributed by atoms with Gasteiger partial charge >= 0.3 is 6.03 Å². The number of rotatable bonds is 4. The third kappa shape index (κ3) is 3.53. The van der Waals surface area contributed by atoms with Crippen LogP contribution in [0.4, 0.5) is 16.2 Å². The van der Waals surface area contributed by atoms with Crippen LogP contribution in [0.15, 0.2) is 54.6 Å². The maximum Gasteiger partial charge on any atom is 0.322 e. The molecule has 2 aromatic carbocycles. The summed E-state index contributed by atoms with van der Waals surface area (Å²) < 4.78 is 11.3. The van der Waals surface area contributed by atoms with Crippen LogP contribution < -0.4 is 15.0 Å². The highest BCUT2D eigenvalue weighted by atomic mass is 16.5. The van der Waals surface area contributed by atoms with Crippen LogP contribution in [0.3, 0.4) is 0 Å². The van der Waals surface area contributed by atoms with Gasteiger partial charge in [0.1, 0.15) is 17.9 Å². The van der Waals surface area contributed by atoms with Crippen LogP contribution in [0.25, 0.3) is 0 Å². The highest BCUT2D eigenvalue weighted by Gasteiger charge is 2.44. The Morgan fingerprint density at radius 2 is 1.93 bits per heavy atom. The molecular weight excluding hydrogens is 358 g/mol. The standard InChI is InChI=1S/C21H23N3O4/c1-27-12-11-23-17-9-5-6-10-19(17)28-16-13-18(20(23)25)24(14-16)21(26)22-15-7-3-2-4-8-15/h2-10,16,18H,11-14H2,1H3,(H,22,26). The van der Waals surface area contributed by atoms with E-state index in [4.69, 9.17) is 9.47 Å². The summed E-state index contributed by atoms with van der Waals surface area (Å²) in [7, 11) is 1.60. The number of methoxy groups -OCH3 is 1. The summed E-state index contributed by atoms with van der Waals surface area (Å²) in [4.78, 5) is 29.5. The molecule has 1 saturated heterocycles. The van der Waals surface area contributed by atoms with Gasteiger partial charge in [-0.3, -0.25) is 4.79 Å². The Balaban J connectivity index is 1.61. The summed E-state index contributed by atoms with van der Waals surface area (Å²) in [5, 5.41) is 2.87. The molecule has 0 aromatic heterocycles. The summed E-state index contributed by atoms with van der Waals surface area (Å²) in [5.41, 5.74) is 1.40. The Hall–Kier alpha value is -3.06. The van der Waals surface area contributed by atoms with E-state index in [1.165, 1.54) is 0 Å². The number of nitrogens with one attached hydrogen (secondary N) is 1. The molecule has 2 heterocycles. The monoisotopic (exact) mass is 381 g/mol. The Morgan fingerprint density at radius 1 is 1.18 bits per heavy atom. The number of fused-ring (bicyclic) bond motifs is 3. The molecule has 28 heavy (non-hydrogen) atoms. The van der Waals surface area contributed by atoms with Crippen molar-refractivity contribution in [3.63, 3.8) is 0 Å². The smallest absolute Gasteiger partial charge is 0.322 e. The van der Waals surface area contributed by atoms with Crippen LogP contribution in [0.5, 0.6) is 5.75 Å². The fourth-order valence-corrected chi connectivity index (χ4v) is 3.73. The first-order valence-electron chi connectivity index (χ1n) is 9.36. The Bertz CT molecular complexity index is 858. The van der Waals surface area contributed by atoms with Crippen molar-refractivity contribution in [1.29, 1.82) is 0 Å². The molecule has 2 aliphatic rings. The second kappa shape index (κ2) is 7.90. The van der Waals surface area contributed by atoms with E-state index in [2.05, 4.69) is 5.32 Å². The van der Waals surface area contributed by atoms with Gasteiger partial charge in [-0.25, -0.2) is 4.79 Å². The normalized spacial score (nSPS) is 20.8. The van der Waals surface area contributed by atoms with Gasteiger partial charge in [0.05, 0.1) is 18.8 Å². The van der Waals surface area contributed by atoms with Crippen LogP contribution in [0.2, 0.25) is 0 Å². The summed E-state index contributed by atoms with van der Waals surface area (Å²) in [5.74, 6) is 0.541. The number of carbonyl (C=O) groups is 2.